The van der Waals surface area contributed by atoms with E-state index >= 15 is 0 Å². The van der Waals surface area contributed by atoms with E-state index in [2.05, 4.69) is 10.3 Å². The minimum Gasteiger partial charge on any atom is -0.496 e. The van der Waals surface area contributed by atoms with Crippen LogP contribution in [0.15, 0.2) is 73.1 Å². The maximum Gasteiger partial charge on any atom is 0.251 e. The number of carbonyl (C=O) groups is 1. The number of hydrogen-bond donors (Lipinski definition) is 1. The molecule has 4 aromatic rings. The Labute approximate surface area is 174 Å². The van der Waals surface area contributed by atoms with Gasteiger partial charge in [-0.1, -0.05) is 30.3 Å². The number of benzene rings is 3. The summed E-state index contributed by atoms with van der Waals surface area (Å²) in [5.74, 6) is 0.105. The van der Waals surface area contributed by atoms with Crippen molar-refractivity contribution in [3.8, 4) is 5.75 Å². The van der Waals surface area contributed by atoms with Crippen LogP contribution in [0.3, 0.4) is 0 Å². The highest BCUT2D eigenvalue weighted by Gasteiger charge is 2.18. The second-order valence-electron chi connectivity index (χ2n) is 7.15. The number of hydrogen-bond acceptors (Lipinski definition) is 3. The van der Waals surface area contributed by atoms with Crippen LogP contribution in [0.5, 0.6) is 5.75 Å². The molecule has 0 saturated carbocycles. The van der Waals surface area contributed by atoms with Crippen molar-refractivity contribution in [1.29, 1.82) is 0 Å². The zero-order chi connectivity index (χ0) is 21.1. The molecule has 0 aliphatic carbocycles. The Morgan fingerprint density at radius 3 is 2.67 bits per heavy atom. The molecular weight excluding hydrogens is 381 g/mol. The van der Waals surface area contributed by atoms with Gasteiger partial charge in [-0.05, 0) is 54.4 Å². The Kier molecular flexibility index (Phi) is 5.48. The third-order valence-electron chi connectivity index (χ3n) is 5.15. The molecule has 1 atom stereocenters. The van der Waals surface area contributed by atoms with Gasteiger partial charge in [0.25, 0.3) is 5.91 Å². The van der Waals surface area contributed by atoms with Gasteiger partial charge in [-0.3, -0.25) is 4.79 Å². The quantitative estimate of drug-likeness (QED) is 0.509. The monoisotopic (exact) mass is 403 g/mol. The van der Waals surface area contributed by atoms with Gasteiger partial charge in [-0.2, -0.15) is 0 Å². The number of fused-ring (bicyclic) bond motifs is 1. The van der Waals surface area contributed by atoms with E-state index in [-0.39, 0.29) is 17.8 Å². The largest absolute Gasteiger partial charge is 0.496 e. The van der Waals surface area contributed by atoms with Crippen LogP contribution in [0, 0.1) is 12.7 Å². The van der Waals surface area contributed by atoms with Crippen LogP contribution in [0.2, 0.25) is 0 Å². The van der Waals surface area contributed by atoms with E-state index in [1.54, 1.807) is 37.7 Å². The number of aromatic nitrogens is 2. The number of para-hydroxylation sites is 2. The Hall–Kier alpha value is -3.67. The second-order valence-corrected chi connectivity index (χ2v) is 7.15. The number of nitrogens with one attached hydrogen (secondary N) is 1. The fourth-order valence-corrected chi connectivity index (χ4v) is 3.48. The molecule has 0 aliphatic rings. The lowest BCUT2D eigenvalue weighted by atomic mass is 10.0. The third kappa shape index (κ3) is 4.03. The van der Waals surface area contributed by atoms with Crippen LogP contribution < -0.4 is 10.1 Å². The zero-order valence-electron chi connectivity index (χ0n) is 16.8. The van der Waals surface area contributed by atoms with Crippen molar-refractivity contribution in [3.05, 3.63) is 95.6 Å². The van der Waals surface area contributed by atoms with Crippen LogP contribution in [-0.4, -0.2) is 22.6 Å². The van der Waals surface area contributed by atoms with Crippen molar-refractivity contribution < 1.29 is 13.9 Å². The predicted molar refractivity (Wildman–Crippen MR) is 114 cm³/mol. The number of halogens is 1. The number of ether oxygens (including phenoxy) is 1. The summed E-state index contributed by atoms with van der Waals surface area (Å²) < 4.78 is 20.8. The van der Waals surface area contributed by atoms with Crippen LogP contribution in [0.4, 0.5) is 4.39 Å². The minimum atomic E-state index is -0.372. The molecule has 1 aromatic heterocycles. The number of methoxy groups -OCH3 is 1. The van der Waals surface area contributed by atoms with Gasteiger partial charge >= 0.3 is 0 Å². The molecule has 4 rings (SSSR count). The average Bonchev–Trinajstić information content (AvgIpc) is 3.17. The molecule has 0 aliphatic heterocycles. The first-order chi connectivity index (χ1) is 14.5. The van der Waals surface area contributed by atoms with Crippen molar-refractivity contribution >= 4 is 16.9 Å². The molecule has 0 fully saturated rings. The first-order valence-corrected chi connectivity index (χ1v) is 9.66. The second kappa shape index (κ2) is 8.37. The molecule has 1 heterocycles. The first kappa shape index (κ1) is 19.6. The summed E-state index contributed by atoms with van der Waals surface area (Å²) in [4.78, 5) is 17.4. The maximum absolute atomic E-state index is 13.5. The average molecular weight is 403 g/mol. The zero-order valence-corrected chi connectivity index (χ0v) is 16.8. The molecule has 1 N–H and O–H groups in total. The molecular formula is C24H22FN3O2. The van der Waals surface area contributed by atoms with Gasteiger partial charge in [0.1, 0.15) is 11.6 Å². The normalized spacial score (nSPS) is 12.0. The number of nitrogens with zero attached hydrogens (tertiary/aromatic N) is 2. The molecule has 30 heavy (non-hydrogen) atoms. The lowest BCUT2D eigenvalue weighted by Gasteiger charge is -2.21. The van der Waals surface area contributed by atoms with Gasteiger partial charge in [0.05, 0.1) is 30.5 Å². The summed E-state index contributed by atoms with van der Waals surface area (Å²) in [6, 6.07) is 18.9. The number of aryl methyl sites for hydroxylation is 1. The van der Waals surface area contributed by atoms with Gasteiger partial charge in [0.15, 0.2) is 0 Å². The molecule has 152 valence electrons. The Balaban J connectivity index is 1.65. The molecule has 0 saturated heterocycles. The lowest BCUT2D eigenvalue weighted by molar-refractivity contribution is 0.0932. The molecule has 0 radical (unpaired) electrons. The number of imidazole rings is 1. The highest BCUT2D eigenvalue weighted by atomic mass is 19.1. The van der Waals surface area contributed by atoms with E-state index in [1.165, 1.54) is 12.1 Å². The Morgan fingerprint density at radius 2 is 1.90 bits per heavy atom. The van der Waals surface area contributed by atoms with Gasteiger partial charge in [-0.25, -0.2) is 9.37 Å². The van der Waals surface area contributed by atoms with Crippen LogP contribution in [0.25, 0.3) is 11.0 Å². The molecule has 3 aromatic carbocycles. The number of rotatable bonds is 6. The lowest BCUT2D eigenvalue weighted by Crippen LogP contribution is -2.31. The molecule has 0 spiro atoms. The smallest absolute Gasteiger partial charge is 0.251 e. The molecule has 0 unspecified atom stereocenters. The summed E-state index contributed by atoms with van der Waals surface area (Å²) in [6.07, 6.45) is 1.75. The van der Waals surface area contributed by atoms with Crippen molar-refractivity contribution in [3.63, 3.8) is 0 Å². The minimum absolute atomic E-state index is 0.230. The van der Waals surface area contributed by atoms with Crippen LogP contribution in [0.1, 0.15) is 27.5 Å². The van der Waals surface area contributed by atoms with E-state index in [0.29, 0.717) is 17.9 Å². The fraction of sp³-hybridized carbons (Fsp3) is 0.167. The fourth-order valence-electron chi connectivity index (χ4n) is 3.48. The highest BCUT2D eigenvalue weighted by molar-refractivity contribution is 5.95. The Morgan fingerprint density at radius 1 is 1.13 bits per heavy atom. The summed E-state index contributed by atoms with van der Waals surface area (Å²) in [5.41, 5.74) is 4.11. The third-order valence-corrected chi connectivity index (χ3v) is 5.15. The van der Waals surface area contributed by atoms with Crippen LogP contribution in [-0.2, 0) is 6.54 Å². The summed E-state index contributed by atoms with van der Waals surface area (Å²) in [6.45, 7) is 2.38. The predicted octanol–water partition coefficient (Wildman–Crippen LogP) is 4.66. The molecule has 1 amide bonds. The molecule has 5 nitrogen and oxygen atoms in total. The van der Waals surface area contributed by atoms with E-state index in [9.17, 15) is 9.18 Å². The summed E-state index contributed by atoms with van der Waals surface area (Å²) in [7, 11) is 1.58. The van der Waals surface area contributed by atoms with Crippen LogP contribution >= 0.6 is 0 Å². The number of amides is 1. The van der Waals surface area contributed by atoms with Crippen molar-refractivity contribution in [2.24, 2.45) is 0 Å². The van der Waals surface area contributed by atoms with Crippen molar-refractivity contribution in [1.82, 2.24) is 14.9 Å². The van der Waals surface area contributed by atoms with Gasteiger partial charge < -0.3 is 14.6 Å². The Bertz CT molecular complexity index is 1180. The van der Waals surface area contributed by atoms with E-state index in [4.69, 9.17) is 4.74 Å². The van der Waals surface area contributed by atoms with E-state index < -0.39 is 0 Å². The highest BCUT2D eigenvalue weighted by Crippen LogP contribution is 2.22. The van der Waals surface area contributed by atoms with Gasteiger partial charge in [0.2, 0.25) is 0 Å². The molecule has 6 heteroatoms. The SMILES string of the molecule is COc1cc(C(=O)N[C@@H](Cn2cnc3ccccc32)c2ccc(F)cc2)ccc1C. The van der Waals surface area contributed by atoms with Gasteiger partial charge in [-0.15, -0.1) is 0 Å². The standard InChI is InChI=1S/C24H22FN3O2/c1-16-7-8-18(13-23(16)30-2)24(29)27-21(17-9-11-19(25)12-10-17)14-28-15-26-20-5-3-4-6-22(20)28/h3-13,15,21H,14H2,1-2H3,(H,27,29)/t21-/m0/s1. The molecule has 0 bridgehead atoms. The first-order valence-electron chi connectivity index (χ1n) is 9.66. The van der Waals surface area contributed by atoms with Crippen molar-refractivity contribution in [2.45, 2.75) is 19.5 Å². The summed E-state index contributed by atoms with van der Waals surface area (Å²) >= 11 is 0. The van der Waals surface area contributed by atoms with E-state index in [1.807, 2.05) is 41.8 Å². The number of carbonyl (C=O) groups excluding carboxylic acids is 1. The van der Waals surface area contributed by atoms with E-state index in [0.717, 1.165) is 22.2 Å². The topological polar surface area (TPSA) is 56.1 Å². The van der Waals surface area contributed by atoms with Crippen molar-refractivity contribution in [2.75, 3.05) is 7.11 Å². The maximum atomic E-state index is 13.5. The summed E-state index contributed by atoms with van der Waals surface area (Å²) in [5, 5.41) is 3.08. The van der Waals surface area contributed by atoms with Gasteiger partial charge in [0, 0.05) is 12.1 Å².